The van der Waals surface area contributed by atoms with E-state index in [1.165, 1.54) is 7.11 Å². The number of carbonyl (C=O) groups excluding carboxylic acids is 1. The zero-order chi connectivity index (χ0) is 14.1. The summed E-state index contributed by atoms with van der Waals surface area (Å²) >= 11 is 0. The normalized spacial score (nSPS) is 13.9. The molecule has 1 aromatic carbocycles. The van der Waals surface area contributed by atoms with E-state index in [4.69, 9.17) is 10.5 Å². The number of carbonyl (C=O) groups is 1. The summed E-state index contributed by atoms with van der Waals surface area (Å²) in [5.41, 5.74) is 7.78. The van der Waals surface area contributed by atoms with Crippen molar-refractivity contribution in [3.63, 3.8) is 0 Å². The maximum atomic E-state index is 11.9. The minimum atomic E-state index is -0.389. The molecule has 0 amide bonds. The van der Waals surface area contributed by atoms with Crippen molar-refractivity contribution in [1.29, 1.82) is 0 Å². The number of fused-ring (bicyclic) bond motifs is 1. The maximum Gasteiger partial charge on any atom is 0.340 e. The topological polar surface area (TPSA) is 86.3 Å². The van der Waals surface area contributed by atoms with Crippen LogP contribution >= 0.6 is 0 Å². The average Bonchev–Trinajstić information content (AvgIpc) is 2.93. The van der Waals surface area contributed by atoms with Crippen LogP contribution in [-0.2, 0) is 17.8 Å². The van der Waals surface area contributed by atoms with Gasteiger partial charge in [0.1, 0.15) is 6.33 Å². The minimum Gasteiger partial charge on any atom is -0.465 e. The number of benzene rings is 1. The monoisotopic (exact) mass is 273 g/mol. The Morgan fingerprint density at radius 1 is 1.40 bits per heavy atom. The predicted molar refractivity (Wildman–Crippen MR) is 73.3 cm³/mol. The third-order valence-electron chi connectivity index (χ3n) is 3.43. The summed E-state index contributed by atoms with van der Waals surface area (Å²) < 4.78 is 6.82. The number of nitrogens with two attached hydrogens (primary N) is 1. The molecule has 0 fully saturated rings. The van der Waals surface area contributed by atoms with Crippen molar-refractivity contribution in [2.24, 2.45) is 0 Å². The summed E-state index contributed by atoms with van der Waals surface area (Å²) in [6.45, 7) is 2.07. The van der Waals surface area contributed by atoms with Gasteiger partial charge in [-0.1, -0.05) is 6.07 Å². The number of methoxy groups -OCH3 is 1. The van der Waals surface area contributed by atoms with Crippen LogP contribution in [0.3, 0.4) is 0 Å². The fraction of sp³-hybridized carbons (Fsp3) is 0.308. The van der Waals surface area contributed by atoms with Crippen LogP contribution in [0.2, 0.25) is 0 Å². The molecule has 20 heavy (non-hydrogen) atoms. The van der Waals surface area contributed by atoms with Crippen LogP contribution in [0.25, 0.3) is 0 Å². The lowest BCUT2D eigenvalue weighted by Crippen LogP contribution is -2.35. The number of esters is 1. The van der Waals surface area contributed by atoms with Crippen molar-refractivity contribution < 1.29 is 9.53 Å². The van der Waals surface area contributed by atoms with Gasteiger partial charge in [0, 0.05) is 13.1 Å². The van der Waals surface area contributed by atoms with Gasteiger partial charge in [0.25, 0.3) is 0 Å². The first-order valence-electron chi connectivity index (χ1n) is 6.29. The van der Waals surface area contributed by atoms with E-state index < -0.39 is 0 Å². The third-order valence-corrected chi connectivity index (χ3v) is 3.43. The summed E-state index contributed by atoms with van der Waals surface area (Å²) in [7, 11) is 1.36. The van der Waals surface area contributed by atoms with Crippen molar-refractivity contribution in [2.45, 2.75) is 13.1 Å². The molecule has 0 saturated carbocycles. The summed E-state index contributed by atoms with van der Waals surface area (Å²) in [4.78, 5) is 13.9. The first-order chi connectivity index (χ1) is 9.70. The second-order valence-electron chi connectivity index (χ2n) is 4.60. The Bertz CT molecular complexity index is 652. The molecule has 0 radical (unpaired) electrons. The molecule has 0 unspecified atom stereocenters. The molecular formula is C13H15N5O2. The Balaban J connectivity index is 2.00. The van der Waals surface area contributed by atoms with Crippen LogP contribution in [0.5, 0.6) is 0 Å². The van der Waals surface area contributed by atoms with Gasteiger partial charge in [0.15, 0.2) is 5.82 Å². The quantitative estimate of drug-likeness (QED) is 0.639. The molecule has 0 bridgehead atoms. The van der Waals surface area contributed by atoms with Gasteiger partial charge in [-0.15, -0.1) is 10.2 Å². The van der Waals surface area contributed by atoms with Gasteiger partial charge in [-0.25, -0.2) is 4.79 Å². The van der Waals surface area contributed by atoms with Crippen molar-refractivity contribution in [1.82, 2.24) is 14.8 Å². The maximum absolute atomic E-state index is 11.9. The lowest BCUT2D eigenvalue weighted by molar-refractivity contribution is 0.0601. The Labute approximate surface area is 116 Å². The van der Waals surface area contributed by atoms with Gasteiger partial charge >= 0.3 is 5.97 Å². The van der Waals surface area contributed by atoms with Crippen LogP contribution < -0.4 is 10.6 Å². The fourth-order valence-corrected chi connectivity index (χ4v) is 2.45. The van der Waals surface area contributed by atoms with Gasteiger partial charge in [0.2, 0.25) is 0 Å². The molecule has 2 aromatic rings. The molecule has 0 saturated heterocycles. The van der Waals surface area contributed by atoms with Gasteiger partial charge in [-0.05, 0) is 12.1 Å². The number of hydrogen-bond acceptors (Lipinski definition) is 6. The number of rotatable bonds is 2. The Morgan fingerprint density at radius 3 is 3.05 bits per heavy atom. The van der Waals surface area contributed by atoms with Gasteiger partial charge < -0.3 is 19.9 Å². The SMILES string of the molecule is COC(=O)c1cccc(N)c1N1CCn2cnnc2C1. The predicted octanol–water partition coefficient (Wildman–Crippen LogP) is 0.667. The summed E-state index contributed by atoms with van der Waals surface area (Å²) in [6, 6.07) is 5.25. The van der Waals surface area contributed by atoms with E-state index in [2.05, 4.69) is 10.2 Å². The zero-order valence-electron chi connectivity index (χ0n) is 11.1. The van der Waals surface area contributed by atoms with Crippen LogP contribution in [0.15, 0.2) is 24.5 Å². The van der Waals surface area contributed by atoms with Gasteiger partial charge in [-0.3, -0.25) is 0 Å². The molecule has 1 aliphatic heterocycles. The Kier molecular flexibility index (Phi) is 3.02. The van der Waals surface area contributed by atoms with Crippen molar-refractivity contribution in [2.75, 3.05) is 24.3 Å². The number of nitrogen functional groups attached to an aromatic ring is 1. The molecule has 1 aromatic heterocycles. The van der Waals surface area contributed by atoms with Crippen LogP contribution in [0, 0.1) is 0 Å². The molecule has 0 spiro atoms. The molecule has 2 N–H and O–H groups in total. The van der Waals surface area contributed by atoms with E-state index in [9.17, 15) is 4.79 Å². The van der Waals surface area contributed by atoms with Crippen LogP contribution in [-0.4, -0.2) is 34.4 Å². The molecule has 0 atom stereocenters. The van der Waals surface area contributed by atoms with E-state index >= 15 is 0 Å². The molecule has 2 heterocycles. The van der Waals surface area contributed by atoms with Crippen LogP contribution in [0.4, 0.5) is 11.4 Å². The zero-order valence-corrected chi connectivity index (χ0v) is 11.1. The summed E-state index contributed by atoms with van der Waals surface area (Å²) in [6.07, 6.45) is 1.71. The van der Waals surface area contributed by atoms with E-state index in [1.807, 2.05) is 9.47 Å². The second kappa shape index (κ2) is 4.84. The number of anilines is 2. The van der Waals surface area contributed by atoms with E-state index in [0.29, 0.717) is 23.5 Å². The van der Waals surface area contributed by atoms with Crippen molar-refractivity contribution in [3.05, 3.63) is 35.9 Å². The summed E-state index contributed by atoms with van der Waals surface area (Å²) in [5.74, 6) is 0.467. The second-order valence-corrected chi connectivity index (χ2v) is 4.60. The fourth-order valence-electron chi connectivity index (χ4n) is 2.45. The highest BCUT2D eigenvalue weighted by molar-refractivity contribution is 5.99. The molecule has 7 heteroatoms. The first kappa shape index (κ1) is 12.5. The van der Waals surface area contributed by atoms with Gasteiger partial charge in [-0.2, -0.15) is 0 Å². The molecular weight excluding hydrogens is 258 g/mol. The van der Waals surface area contributed by atoms with Crippen molar-refractivity contribution in [3.8, 4) is 0 Å². The van der Waals surface area contributed by atoms with E-state index in [1.54, 1.807) is 24.5 Å². The first-order valence-corrected chi connectivity index (χ1v) is 6.29. The largest absolute Gasteiger partial charge is 0.465 e. The number of aromatic nitrogens is 3. The lowest BCUT2D eigenvalue weighted by atomic mass is 10.1. The molecule has 7 nitrogen and oxygen atoms in total. The van der Waals surface area contributed by atoms with Crippen molar-refractivity contribution >= 4 is 17.3 Å². The molecule has 0 aliphatic carbocycles. The van der Waals surface area contributed by atoms with Gasteiger partial charge in [0.05, 0.1) is 30.6 Å². The average molecular weight is 273 g/mol. The number of nitrogens with zero attached hydrogens (tertiary/aromatic N) is 4. The van der Waals surface area contributed by atoms with E-state index in [-0.39, 0.29) is 5.97 Å². The Morgan fingerprint density at radius 2 is 2.25 bits per heavy atom. The standard InChI is InChI=1S/C13H15N5O2/c1-20-13(19)9-3-2-4-10(14)12(9)17-5-6-18-8-15-16-11(18)7-17/h2-4,8H,5-7,14H2,1H3. The molecule has 1 aliphatic rings. The highest BCUT2D eigenvalue weighted by Gasteiger charge is 2.24. The highest BCUT2D eigenvalue weighted by Crippen LogP contribution is 2.30. The Hall–Kier alpha value is -2.57. The number of hydrogen-bond donors (Lipinski definition) is 1. The third kappa shape index (κ3) is 1.97. The minimum absolute atomic E-state index is 0.389. The summed E-state index contributed by atoms with van der Waals surface area (Å²) in [5, 5.41) is 7.96. The smallest absolute Gasteiger partial charge is 0.340 e. The van der Waals surface area contributed by atoms with Crippen LogP contribution in [0.1, 0.15) is 16.2 Å². The number of para-hydroxylation sites is 1. The molecule has 104 valence electrons. The van der Waals surface area contributed by atoms with E-state index in [0.717, 1.165) is 18.9 Å². The lowest BCUT2D eigenvalue weighted by Gasteiger charge is -2.31. The molecule has 3 rings (SSSR count). The number of ether oxygens (including phenoxy) is 1. The highest BCUT2D eigenvalue weighted by atomic mass is 16.5.